The van der Waals surface area contributed by atoms with Gasteiger partial charge in [-0.3, -0.25) is 9.59 Å². The standard InChI is InChI=1S/C42H74O8/c1-4-5-21-28-37(44)29-23-18-15-16-19-24-30-39(45)40(46)31-26-33-41(47)49-35-38(34-43)50-42(48)32-25-20-14-12-10-8-6-7-9-11-13-17-22-27-36(2)3/h15-16,18-19,23-24,29-30,36-40,43-46H,4-14,17,20-22,25-28,31-35H2,1-3H3/b18-15-,19-16+,29-23+,30-24+/t37-,38+,39-,40-/m1/s1. The van der Waals surface area contributed by atoms with E-state index in [4.69, 9.17) is 9.47 Å². The zero-order valence-electron chi connectivity index (χ0n) is 31.9. The van der Waals surface area contributed by atoms with Crippen molar-refractivity contribution >= 4 is 11.9 Å². The summed E-state index contributed by atoms with van der Waals surface area (Å²) in [5, 5.41) is 39.7. The highest BCUT2D eigenvalue weighted by atomic mass is 16.6. The lowest BCUT2D eigenvalue weighted by atomic mass is 10.0. The Bertz CT molecular complexity index is 909. The van der Waals surface area contributed by atoms with E-state index in [0.29, 0.717) is 6.42 Å². The topological polar surface area (TPSA) is 134 Å². The molecule has 4 N–H and O–H groups in total. The number of carbonyl (C=O) groups is 2. The summed E-state index contributed by atoms with van der Waals surface area (Å²) in [5.74, 6) is -0.0935. The summed E-state index contributed by atoms with van der Waals surface area (Å²) in [4.78, 5) is 24.3. The van der Waals surface area contributed by atoms with Gasteiger partial charge in [-0.1, -0.05) is 172 Å². The molecular weight excluding hydrogens is 632 g/mol. The van der Waals surface area contributed by atoms with Crippen molar-refractivity contribution in [2.75, 3.05) is 13.2 Å². The van der Waals surface area contributed by atoms with Gasteiger partial charge in [0.25, 0.3) is 0 Å². The molecule has 0 radical (unpaired) electrons. The molecule has 0 aliphatic rings. The van der Waals surface area contributed by atoms with E-state index < -0.39 is 43.0 Å². The minimum atomic E-state index is -1.08. The van der Waals surface area contributed by atoms with Crippen LogP contribution in [0.5, 0.6) is 0 Å². The molecule has 50 heavy (non-hydrogen) atoms. The largest absolute Gasteiger partial charge is 0.462 e. The highest BCUT2D eigenvalue weighted by Gasteiger charge is 2.17. The Balaban J connectivity index is 3.89. The first-order valence-corrected chi connectivity index (χ1v) is 19.9. The average molecular weight is 707 g/mol. The molecule has 0 spiro atoms. The summed E-state index contributed by atoms with van der Waals surface area (Å²) in [6.45, 7) is 6.07. The number of carbonyl (C=O) groups excluding carboxylic acids is 2. The van der Waals surface area contributed by atoms with Gasteiger partial charge in [0, 0.05) is 12.8 Å². The number of hydrogen-bond acceptors (Lipinski definition) is 8. The number of allylic oxidation sites excluding steroid dienone is 6. The van der Waals surface area contributed by atoms with Gasteiger partial charge in [-0.05, 0) is 31.6 Å². The fourth-order valence-corrected chi connectivity index (χ4v) is 5.47. The van der Waals surface area contributed by atoms with Crippen LogP contribution in [0.4, 0.5) is 0 Å². The third-order valence-corrected chi connectivity index (χ3v) is 8.67. The van der Waals surface area contributed by atoms with Crippen LogP contribution in [0.3, 0.4) is 0 Å². The van der Waals surface area contributed by atoms with E-state index in [1.165, 1.54) is 76.7 Å². The van der Waals surface area contributed by atoms with Crippen LogP contribution in [-0.2, 0) is 19.1 Å². The minimum absolute atomic E-state index is 0.0314. The monoisotopic (exact) mass is 707 g/mol. The van der Waals surface area contributed by atoms with Crippen molar-refractivity contribution in [3.63, 3.8) is 0 Å². The summed E-state index contributed by atoms with van der Waals surface area (Å²) in [6.07, 6.45) is 32.6. The number of rotatable bonds is 34. The Morgan fingerprint density at radius 3 is 1.64 bits per heavy atom. The molecule has 0 bridgehead atoms. The van der Waals surface area contributed by atoms with Crippen LogP contribution in [0.2, 0.25) is 0 Å². The van der Waals surface area contributed by atoms with E-state index in [2.05, 4.69) is 20.8 Å². The molecule has 0 aliphatic heterocycles. The van der Waals surface area contributed by atoms with Crippen LogP contribution in [-0.4, -0.2) is 70.0 Å². The van der Waals surface area contributed by atoms with Crippen molar-refractivity contribution in [3.05, 3.63) is 48.6 Å². The summed E-state index contributed by atoms with van der Waals surface area (Å²) in [7, 11) is 0. The first-order valence-electron chi connectivity index (χ1n) is 19.9. The van der Waals surface area contributed by atoms with E-state index in [0.717, 1.165) is 50.9 Å². The van der Waals surface area contributed by atoms with E-state index >= 15 is 0 Å². The van der Waals surface area contributed by atoms with Crippen LogP contribution in [0.15, 0.2) is 48.6 Å². The van der Waals surface area contributed by atoms with Crippen molar-refractivity contribution in [3.8, 4) is 0 Å². The van der Waals surface area contributed by atoms with Crippen LogP contribution >= 0.6 is 0 Å². The summed E-state index contributed by atoms with van der Waals surface area (Å²) in [6, 6.07) is 0. The summed E-state index contributed by atoms with van der Waals surface area (Å²) >= 11 is 0. The zero-order valence-corrected chi connectivity index (χ0v) is 31.9. The Morgan fingerprint density at radius 1 is 0.580 bits per heavy atom. The van der Waals surface area contributed by atoms with Crippen LogP contribution in [0.1, 0.15) is 162 Å². The Morgan fingerprint density at radius 2 is 1.08 bits per heavy atom. The van der Waals surface area contributed by atoms with E-state index in [1.54, 1.807) is 36.5 Å². The second-order valence-corrected chi connectivity index (χ2v) is 14.1. The van der Waals surface area contributed by atoms with Gasteiger partial charge in [0.15, 0.2) is 6.10 Å². The number of esters is 2. The molecule has 0 amide bonds. The van der Waals surface area contributed by atoms with Gasteiger partial charge in [-0.2, -0.15) is 0 Å². The molecule has 4 atom stereocenters. The van der Waals surface area contributed by atoms with Crippen molar-refractivity contribution in [2.45, 2.75) is 186 Å². The Kier molecular flexibility index (Phi) is 33.6. The van der Waals surface area contributed by atoms with E-state index in [1.807, 2.05) is 6.08 Å². The summed E-state index contributed by atoms with van der Waals surface area (Å²) < 4.78 is 10.4. The fourth-order valence-electron chi connectivity index (χ4n) is 5.47. The maximum absolute atomic E-state index is 12.2. The first kappa shape index (κ1) is 47.7. The fraction of sp³-hybridized carbons (Fsp3) is 0.762. The van der Waals surface area contributed by atoms with Gasteiger partial charge in [-0.15, -0.1) is 0 Å². The third kappa shape index (κ3) is 32.9. The first-order chi connectivity index (χ1) is 24.2. The van der Waals surface area contributed by atoms with Crippen LogP contribution < -0.4 is 0 Å². The number of hydrogen-bond donors (Lipinski definition) is 4. The molecule has 0 rings (SSSR count). The lowest BCUT2D eigenvalue weighted by Crippen LogP contribution is -2.28. The van der Waals surface area contributed by atoms with Crippen molar-refractivity contribution in [1.82, 2.24) is 0 Å². The van der Waals surface area contributed by atoms with Gasteiger partial charge >= 0.3 is 11.9 Å². The Hall–Kier alpha value is -2.26. The lowest BCUT2D eigenvalue weighted by Gasteiger charge is -2.16. The Labute approximate surface area is 305 Å². The quantitative estimate of drug-likeness (QED) is 0.0296. The number of aliphatic hydroxyl groups excluding tert-OH is 4. The molecule has 0 aromatic rings. The normalized spacial score (nSPS) is 14.7. The van der Waals surface area contributed by atoms with Gasteiger partial charge in [0.05, 0.1) is 24.9 Å². The molecule has 8 heteroatoms. The molecular formula is C42H74O8. The average Bonchev–Trinajstić information content (AvgIpc) is 3.09. The van der Waals surface area contributed by atoms with Crippen LogP contribution in [0.25, 0.3) is 0 Å². The molecule has 0 aliphatic carbocycles. The van der Waals surface area contributed by atoms with Gasteiger partial charge < -0.3 is 29.9 Å². The van der Waals surface area contributed by atoms with Gasteiger partial charge in [0.1, 0.15) is 6.61 Å². The molecule has 8 nitrogen and oxygen atoms in total. The predicted molar refractivity (Wildman–Crippen MR) is 205 cm³/mol. The maximum atomic E-state index is 12.2. The molecule has 0 heterocycles. The molecule has 0 aromatic heterocycles. The smallest absolute Gasteiger partial charge is 0.306 e. The lowest BCUT2D eigenvalue weighted by molar-refractivity contribution is -0.161. The molecule has 0 saturated heterocycles. The second kappa shape index (κ2) is 35.2. The highest BCUT2D eigenvalue weighted by molar-refractivity contribution is 5.70. The summed E-state index contributed by atoms with van der Waals surface area (Å²) in [5.41, 5.74) is 0. The maximum Gasteiger partial charge on any atom is 0.306 e. The molecule has 290 valence electrons. The van der Waals surface area contributed by atoms with Crippen molar-refractivity contribution in [2.24, 2.45) is 5.92 Å². The molecule has 0 unspecified atom stereocenters. The third-order valence-electron chi connectivity index (χ3n) is 8.67. The molecule has 0 fully saturated rings. The van der Waals surface area contributed by atoms with Gasteiger partial charge in [0.2, 0.25) is 0 Å². The van der Waals surface area contributed by atoms with E-state index in [-0.39, 0.29) is 25.9 Å². The minimum Gasteiger partial charge on any atom is -0.462 e. The van der Waals surface area contributed by atoms with Crippen molar-refractivity contribution < 1.29 is 39.5 Å². The van der Waals surface area contributed by atoms with Crippen molar-refractivity contribution in [1.29, 1.82) is 0 Å². The number of unbranched alkanes of at least 4 members (excludes halogenated alkanes) is 14. The van der Waals surface area contributed by atoms with Crippen LogP contribution in [0, 0.1) is 5.92 Å². The second-order valence-electron chi connectivity index (χ2n) is 14.1. The molecule has 0 aromatic carbocycles. The highest BCUT2D eigenvalue weighted by Crippen LogP contribution is 2.15. The molecule has 0 saturated carbocycles. The predicted octanol–water partition coefficient (Wildman–Crippen LogP) is 9.00. The number of ether oxygens (including phenoxy) is 2. The SMILES string of the molecule is CCCCC[C@@H](O)/C=C/C=C\C=C\C=C\[C@@H](O)[C@H](O)CCCC(=O)OC[C@H](CO)OC(=O)CCCCCCCCCCCCCCCC(C)C. The zero-order chi connectivity index (χ0) is 37.1. The van der Waals surface area contributed by atoms with E-state index in [9.17, 15) is 30.0 Å². The van der Waals surface area contributed by atoms with Gasteiger partial charge in [-0.25, -0.2) is 0 Å². The number of aliphatic hydroxyl groups is 4.